The fourth-order valence-electron chi connectivity index (χ4n) is 2.00. The summed E-state index contributed by atoms with van der Waals surface area (Å²) in [5.74, 6) is -0.350. The van der Waals surface area contributed by atoms with Gasteiger partial charge in [0, 0.05) is 16.6 Å². The van der Waals surface area contributed by atoms with Crippen molar-refractivity contribution in [1.82, 2.24) is 4.98 Å². The van der Waals surface area contributed by atoms with Gasteiger partial charge in [-0.05, 0) is 30.3 Å². The molecule has 20 heavy (non-hydrogen) atoms. The molecule has 100 valence electrons. The highest BCUT2D eigenvalue weighted by Crippen LogP contribution is 2.28. The number of benzene rings is 2. The summed E-state index contributed by atoms with van der Waals surface area (Å²) < 4.78 is 13.1. The average molecular weight is 289 g/mol. The molecule has 0 aliphatic rings. The van der Waals surface area contributed by atoms with Crippen LogP contribution in [0.15, 0.2) is 47.5 Å². The number of aromatic hydroxyl groups is 1. The van der Waals surface area contributed by atoms with Gasteiger partial charge in [0.25, 0.3) is 0 Å². The fraction of sp³-hybridized carbons (Fsp3) is 0. The lowest BCUT2D eigenvalue weighted by Gasteiger charge is -1.95. The molecule has 2 aromatic carbocycles. The van der Waals surface area contributed by atoms with Crippen molar-refractivity contribution in [3.05, 3.63) is 58.9 Å². The van der Waals surface area contributed by atoms with E-state index in [-0.39, 0.29) is 11.7 Å². The molecule has 1 heterocycles. The van der Waals surface area contributed by atoms with Crippen LogP contribution >= 0.6 is 11.6 Å². The van der Waals surface area contributed by atoms with Crippen molar-refractivity contribution >= 4 is 34.4 Å². The highest BCUT2D eigenvalue weighted by Gasteiger charge is 2.08. The molecule has 0 aliphatic carbocycles. The molecule has 0 unspecified atom stereocenters. The number of fused-ring (bicyclic) bond motifs is 1. The lowest BCUT2D eigenvalue weighted by Crippen LogP contribution is -1.79. The van der Waals surface area contributed by atoms with E-state index in [4.69, 9.17) is 11.6 Å². The van der Waals surface area contributed by atoms with Gasteiger partial charge < -0.3 is 10.1 Å². The molecule has 2 N–H and O–H groups in total. The summed E-state index contributed by atoms with van der Waals surface area (Å²) in [6, 6.07) is 11.2. The number of nitrogens with one attached hydrogen (secondary N) is 1. The summed E-state index contributed by atoms with van der Waals surface area (Å²) in [5, 5.41) is 11.3. The van der Waals surface area contributed by atoms with Crippen LogP contribution in [0.4, 0.5) is 10.1 Å². The molecule has 0 spiro atoms. The van der Waals surface area contributed by atoms with Crippen molar-refractivity contribution in [2.75, 3.05) is 0 Å². The van der Waals surface area contributed by atoms with Gasteiger partial charge in [-0.25, -0.2) is 4.39 Å². The van der Waals surface area contributed by atoms with Gasteiger partial charge in [0.05, 0.1) is 16.8 Å². The number of aromatic nitrogens is 1. The first-order valence-electron chi connectivity index (χ1n) is 5.93. The van der Waals surface area contributed by atoms with Gasteiger partial charge >= 0.3 is 0 Å². The molecule has 0 aliphatic heterocycles. The van der Waals surface area contributed by atoms with Crippen molar-refractivity contribution in [1.29, 1.82) is 0 Å². The zero-order valence-electron chi connectivity index (χ0n) is 10.3. The van der Waals surface area contributed by atoms with Crippen molar-refractivity contribution in [3.63, 3.8) is 0 Å². The third kappa shape index (κ3) is 2.38. The predicted molar refractivity (Wildman–Crippen MR) is 78.6 cm³/mol. The molecule has 5 heteroatoms. The van der Waals surface area contributed by atoms with Crippen LogP contribution in [-0.2, 0) is 0 Å². The quantitative estimate of drug-likeness (QED) is 0.674. The summed E-state index contributed by atoms with van der Waals surface area (Å²) >= 11 is 5.89. The van der Waals surface area contributed by atoms with Gasteiger partial charge in [-0.15, -0.1) is 0 Å². The standard InChI is InChI=1S/C15H10ClFN2O/c16-9-4-5-12-13(15(20)19-14(12)6-9)8-18-11-3-1-2-10(17)7-11/h1-8,19-20H. The Kier molecular flexibility index (Phi) is 3.16. The topological polar surface area (TPSA) is 48.4 Å². The number of aliphatic imine (C=N–C) groups is 1. The Morgan fingerprint density at radius 1 is 1.20 bits per heavy atom. The minimum Gasteiger partial charge on any atom is -0.494 e. The maximum Gasteiger partial charge on any atom is 0.198 e. The average Bonchev–Trinajstić information content (AvgIpc) is 2.71. The van der Waals surface area contributed by atoms with E-state index in [0.717, 1.165) is 10.9 Å². The van der Waals surface area contributed by atoms with E-state index < -0.39 is 0 Å². The summed E-state index contributed by atoms with van der Waals surface area (Å²) in [4.78, 5) is 6.99. The van der Waals surface area contributed by atoms with E-state index >= 15 is 0 Å². The Hall–Kier alpha value is -2.33. The van der Waals surface area contributed by atoms with E-state index in [0.29, 0.717) is 16.3 Å². The van der Waals surface area contributed by atoms with Gasteiger partial charge in [0.2, 0.25) is 0 Å². The molecule has 0 saturated heterocycles. The molecular weight excluding hydrogens is 279 g/mol. The first-order chi connectivity index (χ1) is 9.63. The minimum atomic E-state index is -0.352. The molecule has 1 aromatic heterocycles. The zero-order valence-corrected chi connectivity index (χ0v) is 11.0. The number of H-pyrrole nitrogens is 1. The van der Waals surface area contributed by atoms with Crippen molar-refractivity contribution in [2.45, 2.75) is 0 Å². The third-order valence-corrected chi connectivity index (χ3v) is 3.17. The molecule has 3 aromatic rings. The monoisotopic (exact) mass is 288 g/mol. The van der Waals surface area contributed by atoms with Gasteiger partial charge in [0.1, 0.15) is 5.82 Å². The maximum atomic E-state index is 13.1. The predicted octanol–water partition coefficient (Wildman–Crippen LogP) is 4.42. The fourth-order valence-corrected chi connectivity index (χ4v) is 2.18. The highest BCUT2D eigenvalue weighted by atomic mass is 35.5. The number of hydrogen-bond acceptors (Lipinski definition) is 2. The normalized spacial score (nSPS) is 11.5. The van der Waals surface area contributed by atoms with E-state index in [1.165, 1.54) is 18.3 Å². The SMILES string of the molecule is Oc1[nH]c2cc(Cl)ccc2c1C=Nc1cccc(F)c1. The second kappa shape index (κ2) is 4.98. The Labute approximate surface area is 119 Å². The van der Waals surface area contributed by atoms with E-state index in [9.17, 15) is 9.50 Å². The summed E-state index contributed by atoms with van der Waals surface area (Å²) in [5.41, 5.74) is 1.74. The Bertz CT molecular complexity index is 811. The number of halogens is 2. The lowest BCUT2D eigenvalue weighted by molar-refractivity contribution is 0.457. The van der Waals surface area contributed by atoms with Crippen LogP contribution in [0.1, 0.15) is 5.56 Å². The zero-order chi connectivity index (χ0) is 14.1. The molecule has 0 radical (unpaired) electrons. The maximum absolute atomic E-state index is 13.1. The van der Waals surface area contributed by atoms with Crippen LogP contribution in [0.2, 0.25) is 5.02 Å². The van der Waals surface area contributed by atoms with Crippen molar-refractivity contribution in [3.8, 4) is 5.88 Å². The molecule has 3 rings (SSSR count). The van der Waals surface area contributed by atoms with Crippen LogP contribution in [0, 0.1) is 5.82 Å². The van der Waals surface area contributed by atoms with Crippen LogP contribution < -0.4 is 0 Å². The number of rotatable bonds is 2. The highest BCUT2D eigenvalue weighted by molar-refractivity contribution is 6.31. The molecule has 0 bridgehead atoms. The number of hydrogen-bond donors (Lipinski definition) is 2. The molecule has 0 atom stereocenters. The van der Waals surface area contributed by atoms with Gasteiger partial charge in [0.15, 0.2) is 5.88 Å². The summed E-state index contributed by atoms with van der Waals surface area (Å²) in [6.45, 7) is 0. The number of nitrogens with zero attached hydrogens (tertiary/aromatic N) is 1. The van der Waals surface area contributed by atoms with Gasteiger partial charge in [-0.1, -0.05) is 23.7 Å². The smallest absolute Gasteiger partial charge is 0.198 e. The van der Waals surface area contributed by atoms with E-state index in [1.807, 2.05) is 0 Å². The third-order valence-electron chi connectivity index (χ3n) is 2.93. The first kappa shape index (κ1) is 12.7. The molecule has 0 fully saturated rings. The second-order valence-corrected chi connectivity index (χ2v) is 4.75. The van der Waals surface area contributed by atoms with E-state index in [1.54, 1.807) is 30.3 Å². The summed E-state index contributed by atoms with van der Waals surface area (Å²) in [7, 11) is 0. The van der Waals surface area contributed by atoms with Crippen LogP contribution in [0.25, 0.3) is 10.9 Å². The van der Waals surface area contributed by atoms with Crippen LogP contribution in [0.5, 0.6) is 5.88 Å². The van der Waals surface area contributed by atoms with Crippen molar-refractivity contribution in [2.24, 2.45) is 4.99 Å². The van der Waals surface area contributed by atoms with Gasteiger partial charge in [-0.2, -0.15) is 0 Å². The van der Waals surface area contributed by atoms with E-state index in [2.05, 4.69) is 9.98 Å². The Balaban J connectivity index is 2.04. The molecule has 0 saturated carbocycles. The largest absolute Gasteiger partial charge is 0.494 e. The Morgan fingerprint density at radius 3 is 2.85 bits per heavy atom. The lowest BCUT2D eigenvalue weighted by atomic mass is 10.2. The minimum absolute atomic E-state index is 0.00224. The number of aromatic amines is 1. The van der Waals surface area contributed by atoms with Crippen LogP contribution in [-0.4, -0.2) is 16.3 Å². The second-order valence-electron chi connectivity index (χ2n) is 4.32. The molecule has 0 amide bonds. The Morgan fingerprint density at radius 2 is 2.05 bits per heavy atom. The van der Waals surface area contributed by atoms with Crippen molar-refractivity contribution < 1.29 is 9.50 Å². The molecule has 3 nitrogen and oxygen atoms in total. The van der Waals surface area contributed by atoms with Crippen LogP contribution in [0.3, 0.4) is 0 Å². The summed E-state index contributed by atoms with van der Waals surface area (Å²) in [6.07, 6.45) is 1.50. The first-order valence-corrected chi connectivity index (χ1v) is 6.31. The van der Waals surface area contributed by atoms with Gasteiger partial charge in [-0.3, -0.25) is 4.99 Å². The molecular formula is C15H10ClFN2O.